The minimum absolute atomic E-state index is 0.240. The van der Waals surface area contributed by atoms with Crippen molar-refractivity contribution in [3.63, 3.8) is 0 Å². The number of nitrogens with two attached hydrogens (primary N) is 1. The van der Waals surface area contributed by atoms with E-state index in [1.54, 1.807) is 4.57 Å². The molecule has 2 heterocycles. The molecule has 0 spiro atoms. The third-order valence-electron chi connectivity index (χ3n) is 3.12. The van der Waals surface area contributed by atoms with Crippen LogP contribution in [-0.4, -0.2) is 18.7 Å². The number of nitrogens with zero attached hydrogens (tertiary/aromatic N) is 4. The van der Waals surface area contributed by atoms with E-state index in [0.717, 1.165) is 4.57 Å². The van der Waals surface area contributed by atoms with Gasteiger partial charge in [0.1, 0.15) is 5.82 Å². The van der Waals surface area contributed by atoms with E-state index in [9.17, 15) is 9.59 Å². The summed E-state index contributed by atoms with van der Waals surface area (Å²) in [7, 11) is 1.48. The Balaban J connectivity index is 3.08. The molecule has 0 unspecified atom stereocenters. The zero-order chi connectivity index (χ0) is 13.4. The lowest BCUT2D eigenvalue weighted by Crippen LogP contribution is -2.38. The highest BCUT2D eigenvalue weighted by atomic mass is 16.2. The number of aromatic nitrogens is 4. The first-order chi connectivity index (χ1) is 8.56. The van der Waals surface area contributed by atoms with Crippen LogP contribution in [0.1, 0.15) is 19.7 Å². The number of imidazole rings is 1. The predicted molar refractivity (Wildman–Crippen MR) is 68.5 cm³/mol. The molecule has 2 aromatic rings. The molecule has 0 fully saturated rings. The normalized spacial score (nSPS) is 11.3. The minimum Gasteiger partial charge on any atom is -0.324 e. The van der Waals surface area contributed by atoms with Gasteiger partial charge < -0.3 is 10.3 Å². The first-order valence-corrected chi connectivity index (χ1v) is 5.95. The molecule has 18 heavy (non-hydrogen) atoms. The molecule has 0 atom stereocenters. The third-order valence-corrected chi connectivity index (χ3v) is 3.12. The van der Waals surface area contributed by atoms with Crippen LogP contribution in [0.3, 0.4) is 0 Å². The molecule has 0 aliphatic rings. The van der Waals surface area contributed by atoms with Crippen molar-refractivity contribution in [3.8, 4) is 0 Å². The van der Waals surface area contributed by atoms with Crippen LogP contribution in [0.5, 0.6) is 0 Å². The fourth-order valence-corrected chi connectivity index (χ4v) is 2.18. The molecule has 2 aromatic heterocycles. The van der Waals surface area contributed by atoms with E-state index in [1.165, 1.54) is 11.6 Å². The second kappa shape index (κ2) is 4.41. The van der Waals surface area contributed by atoms with Crippen LogP contribution in [0, 0.1) is 0 Å². The molecule has 0 aliphatic heterocycles. The van der Waals surface area contributed by atoms with Crippen LogP contribution in [0.15, 0.2) is 9.59 Å². The molecule has 98 valence electrons. The number of hydrogen-bond donors (Lipinski definition) is 1. The van der Waals surface area contributed by atoms with Gasteiger partial charge in [-0.15, -0.1) is 0 Å². The Labute approximate surface area is 103 Å². The Morgan fingerprint density at radius 3 is 2.28 bits per heavy atom. The number of fused-ring (bicyclic) bond motifs is 1. The van der Waals surface area contributed by atoms with Gasteiger partial charge in [0.15, 0.2) is 11.2 Å². The molecule has 2 N–H and O–H groups in total. The first kappa shape index (κ1) is 12.6. The van der Waals surface area contributed by atoms with Gasteiger partial charge >= 0.3 is 5.69 Å². The zero-order valence-corrected chi connectivity index (χ0v) is 10.8. The van der Waals surface area contributed by atoms with Crippen molar-refractivity contribution in [2.24, 2.45) is 12.8 Å². The molecule has 7 heteroatoms. The summed E-state index contributed by atoms with van der Waals surface area (Å²) in [5, 5.41) is 0. The van der Waals surface area contributed by atoms with E-state index in [1.807, 2.05) is 13.8 Å². The SMILES string of the molecule is CCn1c(CN)nc2c1c(=O)n(C)c(=O)n2CC. The largest absolute Gasteiger partial charge is 0.332 e. The Hall–Kier alpha value is -1.89. The van der Waals surface area contributed by atoms with Crippen molar-refractivity contribution in [3.05, 3.63) is 26.7 Å². The van der Waals surface area contributed by atoms with Crippen LogP contribution in [0.25, 0.3) is 11.2 Å². The van der Waals surface area contributed by atoms with Crippen LogP contribution >= 0.6 is 0 Å². The van der Waals surface area contributed by atoms with Gasteiger partial charge in [-0.25, -0.2) is 9.78 Å². The second-order valence-electron chi connectivity index (χ2n) is 4.04. The average Bonchev–Trinajstić information content (AvgIpc) is 2.75. The monoisotopic (exact) mass is 251 g/mol. The van der Waals surface area contributed by atoms with Crippen molar-refractivity contribution < 1.29 is 0 Å². The Bertz CT molecular complexity index is 707. The number of rotatable bonds is 3. The van der Waals surface area contributed by atoms with E-state index in [0.29, 0.717) is 30.1 Å². The molecule has 7 nitrogen and oxygen atoms in total. The number of hydrogen-bond acceptors (Lipinski definition) is 4. The lowest BCUT2D eigenvalue weighted by molar-refractivity contribution is 0.648. The Morgan fingerprint density at radius 1 is 1.17 bits per heavy atom. The van der Waals surface area contributed by atoms with Crippen LogP contribution < -0.4 is 17.0 Å². The highest BCUT2D eigenvalue weighted by Crippen LogP contribution is 2.10. The quantitative estimate of drug-likeness (QED) is 0.788. The maximum absolute atomic E-state index is 12.2. The highest BCUT2D eigenvalue weighted by molar-refractivity contribution is 5.71. The maximum atomic E-state index is 12.2. The van der Waals surface area contributed by atoms with Gasteiger partial charge in [0.2, 0.25) is 0 Å². The Morgan fingerprint density at radius 2 is 1.78 bits per heavy atom. The van der Waals surface area contributed by atoms with E-state index in [-0.39, 0.29) is 17.8 Å². The zero-order valence-electron chi connectivity index (χ0n) is 10.8. The van der Waals surface area contributed by atoms with E-state index < -0.39 is 0 Å². The average molecular weight is 251 g/mol. The smallest absolute Gasteiger partial charge is 0.324 e. The maximum Gasteiger partial charge on any atom is 0.332 e. The van der Waals surface area contributed by atoms with Gasteiger partial charge in [0.05, 0.1) is 6.54 Å². The molecule has 0 radical (unpaired) electrons. The molecule has 0 saturated heterocycles. The summed E-state index contributed by atoms with van der Waals surface area (Å²) < 4.78 is 4.37. The van der Waals surface area contributed by atoms with Crippen molar-refractivity contribution in [1.82, 2.24) is 18.7 Å². The van der Waals surface area contributed by atoms with Gasteiger partial charge in [-0.1, -0.05) is 0 Å². The molecule has 0 saturated carbocycles. The van der Waals surface area contributed by atoms with E-state index in [2.05, 4.69) is 4.98 Å². The van der Waals surface area contributed by atoms with Gasteiger partial charge in [0.25, 0.3) is 5.56 Å². The van der Waals surface area contributed by atoms with Crippen molar-refractivity contribution in [1.29, 1.82) is 0 Å². The Kier molecular flexibility index (Phi) is 3.08. The minimum atomic E-state index is -0.348. The summed E-state index contributed by atoms with van der Waals surface area (Å²) in [5.74, 6) is 0.623. The lowest BCUT2D eigenvalue weighted by atomic mass is 10.4. The van der Waals surface area contributed by atoms with Crippen molar-refractivity contribution >= 4 is 11.2 Å². The molecule has 2 rings (SSSR count). The topological polar surface area (TPSA) is 87.8 Å². The summed E-state index contributed by atoms with van der Waals surface area (Å²) in [6.45, 7) is 5.07. The second-order valence-corrected chi connectivity index (χ2v) is 4.04. The van der Waals surface area contributed by atoms with Gasteiger partial charge in [-0.2, -0.15) is 0 Å². The molecule has 0 bridgehead atoms. The van der Waals surface area contributed by atoms with Crippen LogP contribution in [-0.2, 0) is 26.7 Å². The van der Waals surface area contributed by atoms with Crippen LogP contribution in [0.4, 0.5) is 0 Å². The molecular formula is C11H17N5O2. The first-order valence-electron chi connectivity index (χ1n) is 5.95. The number of aryl methyl sites for hydroxylation is 2. The van der Waals surface area contributed by atoms with Crippen molar-refractivity contribution in [2.75, 3.05) is 0 Å². The van der Waals surface area contributed by atoms with Gasteiger partial charge in [0, 0.05) is 20.1 Å². The van der Waals surface area contributed by atoms with Crippen LogP contribution in [0.2, 0.25) is 0 Å². The highest BCUT2D eigenvalue weighted by Gasteiger charge is 2.17. The summed E-state index contributed by atoms with van der Waals surface area (Å²) in [6.07, 6.45) is 0. The fraction of sp³-hybridized carbons (Fsp3) is 0.545. The molecule has 0 aliphatic carbocycles. The van der Waals surface area contributed by atoms with Gasteiger partial charge in [-0.3, -0.25) is 13.9 Å². The summed E-state index contributed by atoms with van der Waals surface area (Å²) in [6, 6.07) is 0. The predicted octanol–water partition coefficient (Wildman–Crippen LogP) is -0.605. The standard InChI is InChI=1S/C11H17N5O2/c1-4-15-7(6-12)13-9-8(15)10(17)14(3)11(18)16(9)5-2/h4-6,12H2,1-3H3. The summed E-state index contributed by atoms with van der Waals surface area (Å²) >= 11 is 0. The fourth-order valence-electron chi connectivity index (χ4n) is 2.18. The summed E-state index contributed by atoms with van der Waals surface area (Å²) in [4.78, 5) is 28.5. The summed E-state index contributed by atoms with van der Waals surface area (Å²) in [5.41, 5.74) is 5.83. The third kappa shape index (κ3) is 1.51. The molecular weight excluding hydrogens is 234 g/mol. The van der Waals surface area contributed by atoms with Gasteiger partial charge in [-0.05, 0) is 13.8 Å². The molecule has 0 aromatic carbocycles. The molecule has 0 amide bonds. The lowest BCUT2D eigenvalue weighted by Gasteiger charge is -2.07. The van der Waals surface area contributed by atoms with E-state index >= 15 is 0 Å². The van der Waals surface area contributed by atoms with Crippen molar-refractivity contribution in [2.45, 2.75) is 33.5 Å². The van der Waals surface area contributed by atoms with E-state index in [4.69, 9.17) is 5.73 Å².